The standard InChI is InChI=1S/C21H24F3N5O2/c1-13-7-5-6-8-17(13)31-12-11-28(4)18(30)10-9-16-14(2)25-20-26-19(21(22,23)24)27-29(20)15(16)3/h5-8H,9-12H2,1-4H3. The molecule has 0 saturated heterocycles. The molecule has 10 heteroatoms. The zero-order valence-electron chi connectivity index (χ0n) is 17.8. The first kappa shape index (κ1) is 22.5. The highest BCUT2D eigenvalue weighted by molar-refractivity contribution is 5.76. The number of para-hydroxylation sites is 1. The molecule has 3 rings (SSSR count). The molecule has 31 heavy (non-hydrogen) atoms. The Hall–Kier alpha value is -3.17. The van der Waals surface area contributed by atoms with Crippen LogP contribution in [0.15, 0.2) is 24.3 Å². The maximum atomic E-state index is 12.9. The zero-order chi connectivity index (χ0) is 22.8. The molecule has 2 aromatic heterocycles. The number of ether oxygens (including phenoxy) is 1. The summed E-state index contributed by atoms with van der Waals surface area (Å²) in [6, 6.07) is 7.64. The van der Waals surface area contributed by atoms with Crippen LogP contribution in [0.2, 0.25) is 0 Å². The van der Waals surface area contributed by atoms with Gasteiger partial charge in [0.25, 0.3) is 11.6 Å². The number of nitrogens with zero attached hydrogens (tertiary/aromatic N) is 5. The van der Waals surface area contributed by atoms with Crippen molar-refractivity contribution in [3.8, 4) is 5.75 Å². The number of alkyl halides is 3. The number of carbonyl (C=O) groups is 1. The van der Waals surface area contributed by atoms with Gasteiger partial charge >= 0.3 is 6.18 Å². The van der Waals surface area contributed by atoms with Gasteiger partial charge in [0.15, 0.2) is 0 Å². The van der Waals surface area contributed by atoms with E-state index in [1.54, 1.807) is 25.8 Å². The minimum Gasteiger partial charge on any atom is -0.491 e. The molecular weight excluding hydrogens is 411 g/mol. The Bertz CT molecular complexity index is 1090. The Morgan fingerprint density at radius 1 is 1.16 bits per heavy atom. The van der Waals surface area contributed by atoms with E-state index in [-0.39, 0.29) is 18.1 Å². The SMILES string of the molecule is Cc1ccccc1OCCN(C)C(=O)CCc1c(C)nc2nc(C(F)(F)F)nn2c1C. The van der Waals surface area contributed by atoms with E-state index in [9.17, 15) is 18.0 Å². The highest BCUT2D eigenvalue weighted by Gasteiger charge is 2.37. The normalized spacial score (nSPS) is 11.7. The quantitative estimate of drug-likeness (QED) is 0.568. The van der Waals surface area contributed by atoms with Gasteiger partial charge in [-0.3, -0.25) is 4.79 Å². The molecule has 0 bridgehead atoms. The molecule has 0 aliphatic heterocycles. The van der Waals surface area contributed by atoms with Gasteiger partial charge < -0.3 is 9.64 Å². The molecule has 0 aliphatic rings. The molecule has 0 aliphatic carbocycles. The lowest BCUT2D eigenvalue weighted by Crippen LogP contribution is -2.31. The number of halogens is 3. The van der Waals surface area contributed by atoms with Crippen molar-refractivity contribution in [2.24, 2.45) is 0 Å². The van der Waals surface area contributed by atoms with Crippen LogP contribution in [0.5, 0.6) is 5.75 Å². The van der Waals surface area contributed by atoms with E-state index in [2.05, 4.69) is 15.1 Å². The summed E-state index contributed by atoms with van der Waals surface area (Å²) < 4.78 is 45.5. The molecule has 0 atom stereocenters. The predicted octanol–water partition coefficient (Wildman–Crippen LogP) is 3.54. The van der Waals surface area contributed by atoms with Crippen LogP contribution in [0.25, 0.3) is 5.78 Å². The van der Waals surface area contributed by atoms with Crippen LogP contribution in [0, 0.1) is 20.8 Å². The van der Waals surface area contributed by atoms with E-state index in [0.29, 0.717) is 36.5 Å². The Morgan fingerprint density at radius 2 is 1.87 bits per heavy atom. The monoisotopic (exact) mass is 435 g/mol. The summed E-state index contributed by atoms with van der Waals surface area (Å²) >= 11 is 0. The van der Waals surface area contributed by atoms with Gasteiger partial charge in [-0.15, -0.1) is 5.10 Å². The molecule has 0 saturated carbocycles. The smallest absolute Gasteiger partial charge is 0.453 e. The third-order valence-electron chi connectivity index (χ3n) is 5.09. The topological polar surface area (TPSA) is 72.6 Å². The van der Waals surface area contributed by atoms with Crippen LogP contribution in [-0.2, 0) is 17.4 Å². The molecule has 0 spiro atoms. The van der Waals surface area contributed by atoms with Crippen LogP contribution in [0.3, 0.4) is 0 Å². The van der Waals surface area contributed by atoms with Crippen molar-refractivity contribution in [1.29, 1.82) is 0 Å². The second-order valence-corrected chi connectivity index (χ2v) is 7.34. The average molecular weight is 435 g/mol. The highest BCUT2D eigenvalue weighted by atomic mass is 19.4. The van der Waals surface area contributed by atoms with Gasteiger partial charge in [0, 0.05) is 24.9 Å². The number of hydrogen-bond donors (Lipinski definition) is 0. The molecule has 3 aromatic rings. The number of likely N-dealkylation sites (N-methyl/N-ethyl adjacent to an activating group) is 1. The Kier molecular flexibility index (Phi) is 6.47. The first-order chi connectivity index (χ1) is 14.6. The lowest BCUT2D eigenvalue weighted by Gasteiger charge is -2.18. The summed E-state index contributed by atoms with van der Waals surface area (Å²) in [5, 5.41) is 3.53. The number of aryl methyl sites for hydroxylation is 3. The van der Waals surface area contributed by atoms with Gasteiger partial charge in [-0.1, -0.05) is 18.2 Å². The molecule has 0 N–H and O–H groups in total. The second kappa shape index (κ2) is 8.91. The van der Waals surface area contributed by atoms with Crippen LogP contribution < -0.4 is 4.74 Å². The molecule has 1 aromatic carbocycles. The van der Waals surface area contributed by atoms with Crippen molar-refractivity contribution in [3.63, 3.8) is 0 Å². The third-order valence-corrected chi connectivity index (χ3v) is 5.09. The van der Waals surface area contributed by atoms with Crippen LogP contribution in [-0.4, -0.2) is 50.6 Å². The van der Waals surface area contributed by atoms with Crippen molar-refractivity contribution < 1.29 is 22.7 Å². The largest absolute Gasteiger partial charge is 0.491 e. The van der Waals surface area contributed by atoms with E-state index >= 15 is 0 Å². The van der Waals surface area contributed by atoms with Crippen molar-refractivity contribution in [2.45, 2.75) is 39.8 Å². The maximum absolute atomic E-state index is 12.9. The number of fused-ring (bicyclic) bond motifs is 1. The molecule has 166 valence electrons. The molecule has 0 fully saturated rings. The Labute approximate surface area is 177 Å². The van der Waals surface area contributed by atoms with Gasteiger partial charge in [-0.2, -0.15) is 18.2 Å². The summed E-state index contributed by atoms with van der Waals surface area (Å²) in [5.41, 5.74) is 2.73. The van der Waals surface area contributed by atoms with Gasteiger partial charge in [0.2, 0.25) is 5.91 Å². The number of hydrogen-bond acceptors (Lipinski definition) is 5. The molecule has 0 radical (unpaired) electrons. The lowest BCUT2D eigenvalue weighted by molar-refractivity contribution is -0.144. The van der Waals surface area contributed by atoms with Crippen LogP contribution >= 0.6 is 0 Å². The van der Waals surface area contributed by atoms with Gasteiger partial charge in [0.05, 0.1) is 6.54 Å². The number of aromatic nitrogens is 4. The Morgan fingerprint density at radius 3 is 2.55 bits per heavy atom. The first-order valence-corrected chi connectivity index (χ1v) is 9.80. The van der Waals surface area contributed by atoms with Crippen LogP contribution in [0.4, 0.5) is 13.2 Å². The van der Waals surface area contributed by atoms with E-state index in [4.69, 9.17) is 4.74 Å². The summed E-state index contributed by atoms with van der Waals surface area (Å²) in [4.78, 5) is 21.7. The van der Waals surface area contributed by atoms with Gasteiger partial charge in [0.1, 0.15) is 12.4 Å². The number of rotatable bonds is 7. The lowest BCUT2D eigenvalue weighted by atomic mass is 10.1. The van der Waals surface area contributed by atoms with Crippen LogP contribution in [0.1, 0.15) is 34.8 Å². The minimum atomic E-state index is -4.65. The van der Waals surface area contributed by atoms with Gasteiger partial charge in [-0.05, 0) is 44.4 Å². The molecule has 7 nitrogen and oxygen atoms in total. The number of carbonyl (C=O) groups excluding carboxylic acids is 1. The van der Waals surface area contributed by atoms with Crippen molar-refractivity contribution in [3.05, 3.63) is 52.6 Å². The zero-order valence-corrected chi connectivity index (χ0v) is 17.8. The van der Waals surface area contributed by atoms with Crippen molar-refractivity contribution in [2.75, 3.05) is 20.2 Å². The van der Waals surface area contributed by atoms with E-state index in [1.807, 2.05) is 31.2 Å². The average Bonchev–Trinajstić information content (AvgIpc) is 3.13. The predicted molar refractivity (Wildman–Crippen MR) is 108 cm³/mol. The number of amides is 1. The summed E-state index contributed by atoms with van der Waals surface area (Å²) in [5.74, 6) is -0.658. The van der Waals surface area contributed by atoms with E-state index < -0.39 is 12.0 Å². The second-order valence-electron chi connectivity index (χ2n) is 7.34. The number of benzene rings is 1. The minimum absolute atomic E-state index is 0.0955. The first-order valence-electron chi connectivity index (χ1n) is 9.80. The Balaban J connectivity index is 1.62. The van der Waals surface area contributed by atoms with E-state index in [0.717, 1.165) is 15.8 Å². The summed E-state index contributed by atoms with van der Waals surface area (Å²) in [6.07, 6.45) is -4.12. The fourth-order valence-corrected chi connectivity index (χ4v) is 3.25. The molecular formula is C21H24F3N5O2. The third kappa shape index (κ3) is 5.12. The van der Waals surface area contributed by atoms with Gasteiger partial charge in [-0.25, -0.2) is 9.50 Å². The van der Waals surface area contributed by atoms with Crippen molar-refractivity contribution >= 4 is 11.7 Å². The van der Waals surface area contributed by atoms with E-state index in [1.165, 1.54) is 0 Å². The molecule has 2 heterocycles. The van der Waals surface area contributed by atoms with Crippen molar-refractivity contribution in [1.82, 2.24) is 24.5 Å². The summed E-state index contributed by atoms with van der Waals surface area (Å²) in [7, 11) is 1.69. The molecule has 0 unspecified atom stereocenters. The maximum Gasteiger partial charge on any atom is 0.453 e. The molecule has 1 amide bonds. The fraction of sp³-hybridized carbons (Fsp3) is 0.429. The summed E-state index contributed by atoms with van der Waals surface area (Å²) in [6.45, 7) is 6.06. The highest BCUT2D eigenvalue weighted by Crippen LogP contribution is 2.27. The fourth-order valence-electron chi connectivity index (χ4n) is 3.25.